The Morgan fingerprint density at radius 3 is 1.07 bits per heavy atom. The summed E-state index contributed by atoms with van der Waals surface area (Å²) in [6.07, 6.45) is 0. The zero-order valence-corrected chi connectivity index (χ0v) is 30.0. The normalized spacial score (nSPS) is 10.8. The van der Waals surface area contributed by atoms with Crippen LogP contribution in [0.15, 0.2) is 188 Å². The van der Waals surface area contributed by atoms with Crippen molar-refractivity contribution < 1.29 is 0 Å². The molecule has 0 aliphatic heterocycles. The van der Waals surface area contributed by atoms with E-state index in [1.165, 1.54) is 0 Å². The minimum Gasteiger partial charge on any atom is -0.208 e. The van der Waals surface area contributed by atoms with Gasteiger partial charge in [-0.3, -0.25) is 0 Å². The number of rotatable bonds is 8. The maximum atomic E-state index is 10.3. The van der Waals surface area contributed by atoms with Crippen LogP contribution in [-0.4, -0.2) is 29.9 Å². The Morgan fingerprint density at radius 2 is 0.607 bits per heavy atom. The SMILES string of the molecule is N#Cc1cc(-c2cccc(-c3nc(-c4ccccc4)nc(-c4ccccc4)n3)c2)cc(-c2ccccc2-c2nc(-c3ccccc3)nc(-c3ccccc3)n2)c1. The largest absolute Gasteiger partial charge is 0.208 e. The highest BCUT2D eigenvalue weighted by atomic mass is 15.0. The first-order valence-electron chi connectivity index (χ1n) is 18.2. The third-order valence-electron chi connectivity index (χ3n) is 9.39. The molecule has 0 aliphatic rings. The lowest BCUT2D eigenvalue weighted by Gasteiger charge is -2.14. The summed E-state index contributed by atoms with van der Waals surface area (Å²) in [6, 6.07) is 64.1. The van der Waals surface area contributed by atoms with Crippen molar-refractivity contribution in [3.8, 4) is 96.7 Å². The molecule has 2 heterocycles. The molecule has 2 aromatic heterocycles. The molecule has 262 valence electrons. The van der Waals surface area contributed by atoms with Crippen LogP contribution in [0.1, 0.15) is 5.56 Å². The molecule has 0 fully saturated rings. The Balaban J connectivity index is 1.16. The first kappa shape index (κ1) is 33.9. The average molecular weight is 718 g/mol. The molecule has 0 unspecified atom stereocenters. The maximum absolute atomic E-state index is 10.3. The van der Waals surface area contributed by atoms with Gasteiger partial charge in [0.15, 0.2) is 34.9 Å². The van der Waals surface area contributed by atoms with E-state index in [-0.39, 0.29) is 0 Å². The molecule has 0 amide bonds. The van der Waals surface area contributed by atoms with Gasteiger partial charge in [0.1, 0.15) is 0 Å². The van der Waals surface area contributed by atoms with Crippen LogP contribution in [0.4, 0.5) is 0 Å². The molecule has 0 saturated heterocycles. The quantitative estimate of drug-likeness (QED) is 0.154. The zero-order chi connectivity index (χ0) is 37.7. The summed E-state index contributed by atoms with van der Waals surface area (Å²) in [5.74, 6) is 3.44. The van der Waals surface area contributed by atoms with Crippen molar-refractivity contribution in [3.05, 3.63) is 194 Å². The van der Waals surface area contributed by atoms with Gasteiger partial charge in [-0.1, -0.05) is 164 Å². The molecule has 0 aliphatic carbocycles. The number of aromatic nitrogens is 6. The van der Waals surface area contributed by atoms with Crippen LogP contribution in [0.3, 0.4) is 0 Å². The van der Waals surface area contributed by atoms with E-state index in [4.69, 9.17) is 29.9 Å². The second kappa shape index (κ2) is 15.2. The van der Waals surface area contributed by atoms with Crippen molar-refractivity contribution in [3.63, 3.8) is 0 Å². The second-order valence-electron chi connectivity index (χ2n) is 13.1. The Bertz CT molecular complexity index is 2740. The molecule has 0 bridgehead atoms. The van der Waals surface area contributed by atoms with E-state index in [1.54, 1.807) is 0 Å². The predicted molar refractivity (Wildman–Crippen MR) is 221 cm³/mol. The van der Waals surface area contributed by atoms with Crippen molar-refractivity contribution in [1.82, 2.24) is 29.9 Å². The van der Waals surface area contributed by atoms with Gasteiger partial charge in [0, 0.05) is 33.4 Å². The lowest BCUT2D eigenvalue weighted by Crippen LogP contribution is -2.01. The monoisotopic (exact) mass is 717 g/mol. The van der Waals surface area contributed by atoms with Crippen LogP contribution < -0.4 is 0 Å². The Morgan fingerprint density at radius 1 is 0.268 bits per heavy atom. The summed E-state index contributed by atoms with van der Waals surface area (Å²) < 4.78 is 0. The molecule has 0 radical (unpaired) electrons. The van der Waals surface area contributed by atoms with Crippen LogP contribution in [-0.2, 0) is 0 Å². The van der Waals surface area contributed by atoms with E-state index in [1.807, 2.05) is 176 Å². The minimum atomic E-state index is 0.529. The molecule has 56 heavy (non-hydrogen) atoms. The first-order chi connectivity index (χ1) is 27.7. The third-order valence-corrected chi connectivity index (χ3v) is 9.39. The molecule has 0 spiro atoms. The molecular formula is C49H31N7. The third kappa shape index (κ3) is 7.06. The number of nitriles is 1. The summed E-state index contributed by atoms with van der Waals surface area (Å²) in [5, 5.41) is 10.3. The number of nitrogens with zero attached hydrogens (tertiary/aromatic N) is 7. The molecule has 0 atom stereocenters. The Labute approximate surface area is 324 Å². The van der Waals surface area contributed by atoms with Gasteiger partial charge in [0.25, 0.3) is 0 Å². The standard InChI is InChI=1S/C49H31N7/c50-32-33-28-40(38-24-15-25-39(30-38)48-53-44(34-16-5-1-6-17-34)51-45(54-48)35-18-7-2-8-19-35)31-41(29-33)42-26-13-14-27-43(42)49-55-46(36-20-9-3-10-21-36)52-47(56-49)37-22-11-4-12-23-37/h1-31H. The molecule has 7 nitrogen and oxygen atoms in total. The highest BCUT2D eigenvalue weighted by molar-refractivity contribution is 5.85. The van der Waals surface area contributed by atoms with E-state index in [0.29, 0.717) is 40.5 Å². The van der Waals surface area contributed by atoms with Crippen LogP contribution in [0.25, 0.3) is 90.6 Å². The fourth-order valence-electron chi connectivity index (χ4n) is 6.65. The summed E-state index contributed by atoms with van der Waals surface area (Å²) >= 11 is 0. The van der Waals surface area contributed by atoms with Gasteiger partial charge in [-0.2, -0.15) is 5.26 Å². The number of hydrogen-bond acceptors (Lipinski definition) is 7. The highest BCUT2D eigenvalue weighted by Gasteiger charge is 2.18. The van der Waals surface area contributed by atoms with E-state index in [0.717, 1.165) is 55.6 Å². The van der Waals surface area contributed by atoms with Crippen LogP contribution >= 0.6 is 0 Å². The van der Waals surface area contributed by atoms with Gasteiger partial charge in [0.2, 0.25) is 0 Å². The van der Waals surface area contributed by atoms with E-state index in [2.05, 4.69) is 18.2 Å². The lowest BCUT2D eigenvalue weighted by molar-refractivity contribution is 1.07. The van der Waals surface area contributed by atoms with E-state index < -0.39 is 0 Å². The molecular weight excluding hydrogens is 687 g/mol. The van der Waals surface area contributed by atoms with Crippen molar-refractivity contribution in [2.24, 2.45) is 0 Å². The summed E-state index contributed by atoms with van der Waals surface area (Å²) in [4.78, 5) is 29.6. The number of benzene rings is 7. The predicted octanol–water partition coefficient (Wildman–Crippen LogP) is 11.3. The Kier molecular flexibility index (Phi) is 9.18. The topological polar surface area (TPSA) is 101 Å². The molecule has 7 aromatic carbocycles. The van der Waals surface area contributed by atoms with Gasteiger partial charge in [-0.15, -0.1) is 0 Å². The second-order valence-corrected chi connectivity index (χ2v) is 13.1. The van der Waals surface area contributed by atoms with Gasteiger partial charge < -0.3 is 0 Å². The fraction of sp³-hybridized carbons (Fsp3) is 0. The van der Waals surface area contributed by atoms with E-state index in [9.17, 15) is 5.26 Å². The van der Waals surface area contributed by atoms with Crippen molar-refractivity contribution in [2.45, 2.75) is 0 Å². The smallest absolute Gasteiger partial charge is 0.164 e. The van der Waals surface area contributed by atoms with Crippen LogP contribution in [0.2, 0.25) is 0 Å². The fourth-order valence-corrected chi connectivity index (χ4v) is 6.65. The minimum absolute atomic E-state index is 0.529. The van der Waals surface area contributed by atoms with E-state index >= 15 is 0 Å². The highest BCUT2D eigenvalue weighted by Crippen LogP contribution is 2.36. The summed E-state index contributed by atoms with van der Waals surface area (Å²) in [5.41, 5.74) is 9.32. The van der Waals surface area contributed by atoms with Crippen molar-refractivity contribution in [1.29, 1.82) is 5.26 Å². The van der Waals surface area contributed by atoms with Crippen molar-refractivity contribution >= 4 is 0 Å². The maximum Gasteiger partial charge on any atom is 0.164 e. The summed E-state index contributed by atoms with van der Waals surface area (Å²) in [7, 11) is 0. The zero-order valence-electron chi connectivity index (χ0n) is 30.0. The molecule has 7 heteroatoms. The Hall–Kier alpha value is -7.95. The average Bonchev–Trinajstić information content (AvgIpc) is 3.29. The number of hydrogen-bond donors (Lipinski definition) is 0. The van der Waals surface area contributed by atoms with Crippen LogP contribution in [0, 0.1) is 11.3 Å². The molecule has 0 N–H and O–H groups in total. The van der Waals surface area contributed by atoms with Gasteiger partial charge in [-0.05, 0) is 46.5 Å². The lowest BCUT2D eigenvalue weighted by atomic mass is 9.93. The van der Waals surface area contributed by atoms with Gasteiger partial charge in [0.05, 0.1) is 11.6 Å². The van der Waals surface area contributed by atoms with Crippen LogP contribution in [0.5, 0.6) is 0 Å². The molecule has 0 saturated carbocycles. The molecule has 9 rings (SSSR count). The van der Waals surface area contributed by atoms with Crippen molar-refractivity contribution in [2.75, 3.05) is 0 Å². The first-order valence-corrected chi connectivity index (χ1v) is 18.2. The van der Waals surface area contributed by atoms with Gasteiger partial charge in [-0.25, -0.2) is 29.9 Å². The molecule has 9 aromatic rings. The van der Waals surface area contributed by atoms with Gasteiger partial charge >= 0.3 is 0 Å². The summed E-state index contributed by atoms with van der Waals surface area (Å²) in [6.45, 7) is 0.